The van der Waals surface area contributed by atoms with E-state index in [4.69, 9.17) is 37.7 Å². The van der Waals surface area contributed by atoms with Crippen LogP contribution >= 0.6 is 41.2 Å². The summed E-state index contributed by atoms with van der Waals surface area (Å²) in [4.78, 5) is 3.92. The van der Waals surface area contributed by atoms with E-state index in [1.165, 1.54) is 0 Å². The van der Waals surface area contributed by atoms with Gasteiger partial charge in [-0.1, -0.05) is 31.7 Å². The van der Waals surface area contributed by atoms with Gasteiger partial charge in [-0.05, 0) is 37.8 Å². The number of rotatable bonds is 11. The number of guanidine groups is 2. The molecule has 7 nitrogen and oxygen atoms in total. The van der Waals surface area contributed by atoms with Crippen LogP contribution in [0.15, 0.2) is 4.99 Å². The van der Waals surface area contributed by atoms with Crippen LogP contribution in [0.4, 0.5) is 0 Å². The van der Waals surface area contributed by atoms with Gasteiger partial charge in [-0.25, -0.2) is 0 Å². The smallest absolute Gasteiger partial charge is 0.248 e. The van der Waals surface area contributed by atoms with Gasteiger partial charge in [0.15, 0.2) is 11.9 Å². The van der Waals surface area contributed by atoms with Gasteiger partial charge in [0.2, 0.25) is 5.69 Å². The van der Waals surface area contributed by atoms with Crippen molar-refractivity contribution in [2.24, 2.45) is 16.5 Å². The third-order valence-electron chi connectivity index (χ3n) is 2.13. The van der Waals surface area contributed by atoms with E-state index < -0.39 is 5.69 Å². The van der Waals surface area contributed by atoms with Gasteiger partial charge in [-0.3, -0.25) is 15.7 Å². The van der Waals surface area contributed by atoms with Gasteiger partial charge in [-0.2, -0.15) is 11.8 Å². The van der Waals surface area contributed by atoms with Crippen LogP contribution in [-0.2, 0) is 20.9 Å². The first-order valence-electron chi connectivity index (χ1n) is 7.87. The van der Waals surface area contributed by atoms with Crippen LogP contribution in [0.5, 0.6) is 0 Å². The Kier molecular flexibility index (Phi) is 24.8. The number of thioether (sulfide) groups is 1. The van der Waals surface area contributed by atoms with Crippen LogP contribution in [-0.4, -0.2) is 42.5 Å². The molecule has 6 N–H and O–H groups in total. The summed E-state index contributed by atoms with van der Waals surface area (Å²) in [5.41, 5.74) is 8.32. The minimum absolute atomic E-state index is 0. The molecule has 0 atom stereocenters. The summed E-state index contributed by atoms with van der Waals surface area (Å²) in [6.07, 6.45) is 2.08. The Morgan fingerprint density at radius 1 is 1.20 bits per heavy atom. The first kappa shape index (κ1) is 30.0. The zero-order valence-corrected chi connectivity index (χ0v) is 19.6. The lowest BCUT2D eigenvalue weighted by Crippen LogP contribution is -2.40. The third kappa shape index (κ3) is 22.3. The number of unbranched alkanes of at least 4 members (excludes halogenated alkanes) is 1. The van der Waals surface area contributed by atoms with Gasteiger partial charge in [0.25, 0.3) is 0 Å². The Balaban J connectivity index is -0.000000377. The Morgan fingerprint density at radius 3 is 2.16 bits per heavy atom. The van der Waals surface area contributed by atoms with Gasteiger partial charge < -0.3 is 20.5 Å². The summed E-state index contributed by atoms with van der Waals surface area (Å²) < 4.78 is 10.9. The highest BCUT2D eigenvalue weighted by molar-refractivity contribution is 8.69. The van der Waals surface area contributed by atoms with Crippen LogP contribution in [0, 0.1) is 5.41 Å². The lowest BCUT2D eigenvalue weighted by Gasteiger charge is -2.19. The lowest BCUT2D eigenvalue weighted by atomic mass is 10.3. The van der Waals surface area contributed by atoms with Gasteiger partial charge in [0, 0.05) is 11.6 Å². The maximum absolute atomic E-state index is 6.81. The van der Waals surface area contributed by atoms with Crippen molar-refractivity contribution in [1.29, 1.82) is 5.41 Å². The van der Waals surface area contributed by atoms with Crippen molar-refractivity contribution in [3.05, 3.63) is 0 Å². The quantitative estimate of drug-likeness (QED) is 0.123. The molecule has 0 aliphatic rings. The van der Waals surface area contributed by atoms with Gasteiger partial charge >= 0.3 is 0 Å². The van der Waals surface area contributed by atoms with Crippen LogP contribution < -0.4 is 16.8 Å². The monoisotopic (exact) mass is 453 g/mol. The van der Waals surface area contributed by atoms with Crippen LogP contribution in [0.3, 0.4) is 0 Å². The molecule has 0 aromatic heterocycles. The molecular weight excluding hydrogens is 421 g/mol. The van der Waals surface area contributed by atoms with Crippen LogP contribution in [0.1, 0.15) is 40.5 Å². The summed E-state index contributed by atoms with van der Waals surface area (Å²) in [6.45, 7) is 10.1. The highest BCUT2D eigenvalue weighted by atomic mass is 35.5. The zero-order valence-electron chi connectivity index (χ0n) is 15.4. The Hall–Kier alpha value is 0.300. The van der Waals surface area contributed by atoms with E-state index in [2.05, 4.69) is 24.2 Å². The van der Waals surface area contributed by atoms with Crippen molar-refractivity contribution in [1.82, 2.24) is 5.32 Å². The molecule has 25 heavy (non-hydrogen) atoms. The normalized spacial score (nSPS) is 11.1. The van der Waals surface area contributed by atoms with Crippen molar-refractivity contribution in [3.63, 3.8) is 0 Å². The SMILES string of the molecule is CCCCN=C(N)NC(=N)N.CCOP(=S)(OCC)SCSCC.Cl. The van der Waals surface area contributed by atoms with Gasteiger partial charge in [-0.15, -0.1) is 12.4 Å². The van der Waals surface area contributed by atoms with Crippen LogP contribution in [0.2, 0.25) is 0 Å². The van der Waals surface area contributed by atoms with Crippen LogP contribution in [0.25, 0.3) is 0 Å². The molecule has 0 aliphatic heterocycles. The van der Waals surface area contributed by atoms with Crippen molar-refractivity contribution in [3.8, 4) is 0 Å². The molecule has 0 bridgehead atoms. The van der Waals surface area contributed by atoms with E-state index in [1.54, 1.807) is 11.4 Å². The molecule has 0 heterocycles. The number of nitrogens with two attached hydrogens (primary N) is 2. The number of aliphatic imine (C=N–C) groups is 1. The number of nitrogens with zero attached hydrogens (tertiary/aromatic N) is 1. The Labute approximate surface area is 172 Å². The van der Waals surface area contributed by atoms with E-state index in [0.29, 0.717) is 19.8 Å². The second-order valence-corrected chi connectivity index (χ2v) is 12.1. The fraction of sp³-hybridized carbons (Fsp3) is 0.846. The van der Waals surface area contributed by atoms with Crippen molar-refractivity contribution < 1.29 is 9.05 Å². The first-order chi connectivity index (χ1) is 11.3. The summed E-state index contributed by atoms with van der Waals surface area (Å²) in [6, 6.07) is 0. The largest absolute Gasteiger partial charge is 0.370 e. The molecule has 0 unspecified atom stereocenters. The molecule has 0 aromatic carbocycles. The van der Waals surface area contributed by atoms with E-state index in [0.717, 1.165) is 23.7 Å². The summed E-state index contributed by atoms with van der Waals surface area (Å²) in [7, 11) is 0. The Morgan fingerprint density at radius 2 is 1.76 bits per heavy atom. The minimum atomic E-state index is -2.02. The fourth-order valence-corrected chi connectivity index (χ4v) is 8.19. The average Bonchev–Trinajstić information content (AvgIpc) is 2.48. The average molecular weight is 454 g/mol. The molecule has 0 radical (unpaired) electrons. The molecule has 0 aliphatic carbocycles. The van der Waals surface area contributed by atoms with Crippen molar-refractivity contribution in [2.75, 3.05) is 30.6 Å². The highest BCUT2D eigenvalue weighted by Gasteiger charge is 2.17. The standard InChI is InChI=1S/C7H17O2PS3.C6H15N5.ClH/c1-4-8-10(11,9-5-2)13-7-12-6-3;1-2-3-4-10-6(9)11-5(7)8;/h4-7H2,1-3H3;2-4H2,1H3,(H6,7,8,9,10,11);1H. The second-order valence-electron chi connectivity index (χ2n) is 4.18. The molecule has 12 heteroatoms. The first-order valence-corrected chi connectivity index (χ1v) is 13.3. The predicted octanol–water partition coefficient (Wildman–Crippen LogP) is 3.73. The lowest BCUT2D eigenvalue weighted by molar-refractivity contribution is 0.280. The molecular formula is C13H33ClN5O2PS3. The zero-order chi connectivity index (χ0) is 18.8. The molecule has 0 fully saturated rings. The number of hydrogen-bond acceptors (Lipinski definition) is 7. The molecule has 0 saturated heterocycles. The molecule has 0 aromatic rings. The number of halogens is 1. The molecule has 0 saturated carbocycles. The van der Waals surface area contributed by atoms with Crippen molar-refractivity contribution >= 4 is 65.0 Å². The van der Waals surface area contributed by atoms with Gasteiger partial charge in [0.1, 0.15) is 0 Å². The molecule has 0 spiro atoms. The van der Waals surface area contributed by atoms with E-state index in [9.17, 15) is 0 Å². The van der Waals surface area contributed by atoms with E-state index in [1.807, 2.05) is 25.6 Å². The minimum Gasteiger partial charge on any atom is -0.370 e. The maximum Gasteiger partial charge on any atom is 0.248 e. The maximum atomic E-state index is 6.81. The Bertz CT molecular complexity index is 396. The van der Waals surface area contributed by atoms with E-state index in [-0.39, 0.29) is 24.3 Å². The highest BCUT2D eigenvalue weighted by Crippen LogP contribution is 2.61. The van der Waals surface area contributed by atoms with E-state index >= 15 is 0 Å². The molecule has 152 valence electrons. The number of hydrogen-bond donors (Lipinski definition) is 4. The second kappa shape index (κ2) is 20.6. The fourth-order valence-electron chi connectivity index (χ4n) is 1.15. The third-order valence-corrected chi connectivity index (χ3v) is 9.20. The molecule has 0 rings (SSSR count). The summed E-state index contributed by atoms with van der Waals surface area (Å²) in [5, 5.41) is 10.2. The number of nitrogens with one attached hydrogen (secondary N) is 2. The van der Waals surface area contributed by atoms with Crippen molar-refractivity contribution in [2.45, 2.75) is 40.5 Å². The summed E-state index contributed by atoms with van der Waals surface area (Å²) in [5.74, 6) is 1.15. The summed E-state index contributed by atoms with van der Waals surface area (Å²) >= 11 is 8.82. The predicted molar refractivity (Wildman–Crippen MR) is 122 cm³/mol. The van der Waals surface area contributed by atoms with Gasteiger partial charge in [0.05, 0.1) is 13.2 Å². The molecule has 0 amide bonds. The topological polar surface area (TPSA) is 119 Å².